The molecule has 4 atom stereocenters. The van der Waals surface area contributed by atoms with Gasteiger partial charge in [-0.3, -0.25) is 28.7 Å². The first kappa shape index (κ1) is 34.3. The van der Waals surface area contributed by atoms with E-state index in [0.717, 1.165) is 27.0 Å². The fourth-order valence-corrected chi connectivity index (χ4v) is 6.34. The largest absolute Gasteiger partial charge is 0.497 e. The molecule has 3 aromatic carbocycles. The summed E-state index contributed by atoms with van der Waals surface area (Å²) in [5.41, 5.74) is -4.45. The van der Waals surface area contributed by atoms with Crippen LogP contribution in [-0.2, 0) is 21.6 Å². The number of aliphatic hydroxyl groups excluding tert-OH is 1. The molecule has 0 unspecified atom stereocenters. The van der Waals surface area contributed by atoms with Crippen LogP contribution in [0.2, 0.25) is 0 Å². The van der Waals surface area contributed by atoms with Crippen molar-refractivity contribution in [2.45, 2.75) is 43.1 Å². The first-order valence-corrected chi connectivity index (χ1v) is 15.7. The second kappa shape index (κ2) is 13.8. The molecule has 1 fully saturated rings. The third-order valence-electron chi connectivity index (χ3n) is 8.95. The van der Waals surface area contributed by atoms with Crippen molar-refractivity contribution in [2.24, 2.45) is 0 Å². The predicted molar refractivity (Wildman–Crippen MR) is 181 cm³/mol. The van der Waals surface area contributed by atoms with Crippen molar-refractivity contribution >= 4 is 0 Å². The van der Waals surface area contributed by atoms with Crippen LogP contribution in [-0.4, -0.2) is 68.0 Å². The molecule has 14 nitrogen and oxygen atoms in total. The second-order valence-corrected chi connectivity index (χ2v) is 12.0. The number of hydrogen-bond donors (Lipinski definition) is 4. The number of nitrogens with zero attached hydrogens (tertiary/aromatic N) is 2. The average molecular weight is 685 g/mol. The summed E-state index contributed by atoms with van der Waals surface area (Å²) in [5.74, 6) is 1.24. The van der Waals surface area contributed by atoms with Gasteiger partial charge in [-0.1, -0.05) is 54.6 Å². The van der Waals surface area contributed by atoms with Crippen molar-refractivity contribution in [1.82, 2.24) is 19.1 Å². The molecule has 14 heteroatoms. The van der Waals surface area contributed by atoms with Crippen LogP contribution in [0.5, 0.6) is 11.5 Å². The third-order valence-corrected chi connectivity index (χ3v) is 8.95. The van der Waals surface area contributed by atoms with Gasteiger partial charge in [0.1, 0.15) is 29.3 Å². The van der Waals surface area contributed by atoms with E-state index >= 15 is 0 Å². The molecule has 0 bridgehead atoms. The van der Waals surface area contributed by atoms with E-state index < -0.39 is 58.7 Å². The lowest BCUT2D eigenvalue weighted by Gasteiger charge is -2.37. The lowest BCUT2D eigenvalue weighted by Crippen LogP contribution is -2.53. The van der Waals surface area contributed by atoms with E-state index in [9.17, 15) is 29.4 Å². The van der Waals surface area contributed by atoms with Gasteiger partial charge in [-0.25, -0.2) is 9.59 Å². The maximum atomic E-state index is 13.0. The Bertz CT molecular complexity index is 2150. The standard InChI is InChI=1S/C36H36N4O10/c1-22-19-39(33(44)38-31(22)43)21-35(46)30(42)28(50-32(35)40-18-17-29(41)37-34(40)45)20-49-36(23-7-5-4-6-8-23,24-9-13-26(47-2)14-10-24)25-11-15-27(48-3)16-12-25/h4-19,28,30,32,42,46H,20-21H2,1-3H3,(H,37,41,45)(H,38,43,44)/t28-,30-,32-,35+/m1/s1. The van der Waals surface area contributed by atoms with E-state index in [1.54, 1.807) is 38.5 Å². The minimum atomic E-state index is -2.35. The van der Waals surface area contributed by atoms with Gasteiger partial charge in [-0.2, -0.15) is 0 Å². The fraction of sp³-hybridized carbons (Fsp3) is 0.278. The van der Waals surface area contributed by atoms with Gasteiger partial charge in [0.15, 0.2) is 11.8 Å². The van der Waals surface area contributed by atoms with E-state index in [1.807, 2.05) is 54.6 Å². The van der Waals surface area contributed by atoms with Crippen molar-refractivity contribution in [3.05, 3.63) is 161 Å². The minimum absolute atomic E-state index is 0.172. The van der Waals surface area contributed by atoms with Crippen LogP contribution in [0.15, 0.2) is 117 Å². The molecule has 4 N–H and O–H groups in total. The number of nitrogens with one attached hydrogen (secondary N) is 2. The highest BCUT2D eigenvalue weighted by Crippen LogP contribution is 2.44. The van der Waals surface area contributed by atoms with Gasteiger partial charge < -0.3 is 29.2 Å². The van der Waals surface area contributed by atoms with Crippen LogP contribution in [0.25, 0.3) is 0 Å². The highest BCUT2D eigenvalue weighted by atomic mass is 16.6. The Morgan fingerprint density at radius 1 is 0.820 bits per heavy atom. The summed E-state index contributed by atoms with van der Waals surface area (Å²) in [7, 11) is 3.12. The molecule has 0 radical (unpaired) electrons. The van der Waals surface area contributed by atoms with Gasteiger partial charge in [0.25, 0.3) is 11.1 Å². The molecule has 0 saturated carbocycles. The molecule has 260 valence electrons. The smallest absolute Gasteiger partial charge is 0.330 e. The fourth-order valence-electron chi connectivity index (χ4n) is 6.34. The first-order valence-electron chi connectivity index (χ1n) is 15.7. The van der Waals surface area contributed by atoms with Crippen molar-refractivity contribution in [3.63, 3.8) is 0 Å². The number of rotatable bonds is 11. The maximum Gasteiger partial charge on any atom is 0.330 e. The molecule has 0 amide bonds. The Morgan fingerprint density at radius 3 is 1.96 bits per heavy atom. The molecule has 3 heterocycles. The Labute approximate surface area is 284 Å². The van der Waals surface area contributed by atoms with Gasteiger partial charge in [0.2, 0.25) is 0 Å². The van der Waals surface area contributed by atoms with Crippen molar-refractivity contribution < 1.29 is 29.2 Å². The van der Waals surface area contributed by atoms with Gasteiger partial charge >= 0.3 is 11.4 Å². The maximum absolute atomic E-state index is 13.0. The van der Waals surface area contributed by atoms with Crippen molar-refractivity contribution in [2.75, 3.05) is 20.8 Å². The van der Waals surface area contributed by atoms with Crippen LogP contribution in [0.4, 0.5) is 0 Å². The Hall–Kier alpha value is -5.54. The van der Waals surface area contributed by atoms with Crippen LogP contribution < -0.4 is 32.0 Å². The zero-order valence-electron chi connectivity index (χ0n) is 27.4. The normalized spacial score (nSPS) is 20.5. The van der Waals surface area contributed by atoms with Gasteiger partial charge in [0.05, 0.1) is 27.4 Å². The van der Waals surface area contributed by atoms with Crippen LogP contribution in [0, 0.1) is 6.92 Å². The molecule has 6 rings (SSSR count). The Kier molecular flexibility index (Phi) is 9.45. The van der Waals surface area contributed by atoms with Crippen molar-refractivity contribution in [1.29, 1.82) is 0 Å². The Balaban J connectivity index is 1.46. The van der Waals surface area contributed by atoms with Crippen molar-refractivity contribution in [3.8, 4) is 11.5 Å². The SMILES string of the molecule is COc1ccc(C(OC[C@H]2O[C@@H](n3ccc(=O)[nH]c3=O)[C@](O)(Cn3cc(C)c(=O)[nH]c3=O)[C@@H]2O)(c2ccccc2)c2ccc(OC)cc2)cc1. The van der Waals surface area contributed by atoms with Crippen LogP contribution >= 0.6 is 0 Å². The van der Waals surface area contributed by atoms with Gasteiger partial charge in [-0.15, -0.1) is 0 Å². The number of aliphatic hydroxyl groups is 2. The topological polar surface area (TPSA) is 187 Å². The summed E-state index contributed by atoms with van der Waals surface area (Å²) < 4.78 is 25.9. The van der Waals surface area contributed by atoms with Crippen LogP contribution in [0.3, 0.4) is 0 Å². The third kappa shape index (κ3) is 6.20. The number of benzene rings is 3. The lowest BCUT2D eigenvalue weighted by atomic mass is 9.80. The molecule has 0 spiro atoms. The van der Waals surface area contributed by atoms with E-state index in [-0.39, 0.29) is 12.2 Å². The monoisotopic (exact) mass is 684 g/mol. The second-order valence-electron chi connectivity index (χ2n) is 12.0. The van der Waals surface area contributed by atoms with E-state index in [4.69, 9.17) is 18.9 Å². The molecule has 2 aromatic heterocycles. The number of aromatic amines is 2. The zero-order chi connectivity index (χ0) is 35.6. The minimum Gasteiger partial charge on any atom is -0.497 e. The molecular formula is C36H36N4O10. The van der Waals surface area contributed by atoms with Gasteiger partial charge in [-0.05, 0) is 47.9 Å². The molecule has 0 aliphatic carbocycles. The van der Waals surface area contributed by atoms with Crippen LogP contribution in [0.1, 0.15) is 28.5 Å². The summed E-state index contributed by atoms with van der Waals surface area (Å²) in [4.78, 5) is 54.1. The summed E-state index contributed by atoms with van der Waals surface area (Å²) >= 11 is 0. The number of ether oxygens (including phenoxy) is 4. The molecule has 1 aliphatic heterocycles. The number of H-pyrrole nitrogens is 2. The lowest BCUT2D eigenvalue weighted by molar-refractivity contribution is -0.122. The summed E-state index contributed by atoms with van der Waals surface area (Å²) in [6, 6.07) is 25.0. The first-order chi connectivity index (χ1) is 24.0. The molecule has 5 aromatic rings. The highest BCUT2D eigenvalue weighted by molar-refractivity contribution is 5.49. The van der Waals surface area contributed by atoms with Gasteiger partial charge in [0, 0.05) is 24.0 Å². The molecule has 1 saturated heterocycles. The molecular weight excluding hydrogens is 648 g/mol. The number of aromatic nitrogens is 4. The van der Waals surface area contributed by atoms with E-state index in [2.05, 4.69) is 9.97 Å². The zero-order valence-corrected chi connectivity index (χ0v) is 27.4. The quantitative estimate of drug-likeness (QED) is 0.148. The highest BCUT2D eigenvalue weighted by Gasteiger charge is 2.57. The summed E-state index contributed by atoms with van der Waals surface area (Å²) in [6.07, 6.45) is -2.30. The summed E-state index contributed by atoms with van der Waals surface area (Å²) in [5, 5.41) is 24.1. The van der Waals surface area contributed by atoms with E-state index in [0.29, 0.717) is 22.6 Å². The number of aryl methyl sites for hydroxylation is 1. The molecule has 50 heavy (non-hydrogen) atoms. The molecule has 1 aliphatic rings. The Morgan fingerprint density at radius 2 is 1.40 bits per heavy atom. The number of hydrogen-bond acceptors (Lipinski definition) is 10. The number of methoxy groups -OCH3 is 2. The summed E-state index contributed by atoms with van der Waals surface area (Å²) in [6.45, 7) is 0.533. The van der Waals surface area contributed by atoms with E-state index in [1.165, 1.54) is 13.1 Å². The average Bonchev–Trinajstić information content (AvgIpc) is 3.36. The predicted octanol–water partition coefficient (Wildman–Crippen LogP) is 1.41.